The van der Waals surface area contributed by atoms with E-state index in [4.69, 9.17) is 4.74 Å². The summed E-state index contributed by atoms with van der Waals surface area (Å²) < 4.78 is 18.7. The van der Waals surface area contributed by atoms with Gasteiger partial charge in [0.15, 0.2) is 5.78 Å². The summed E-state index contributed by atoms with van der Waals surface area (Å²) in [5.74, 6) is 0.0711. The summed E-state index contributed by atoms with van der Waals surface area (Å²) in [6, 6.07) is 31.0. The molecule has 0 aromatic heterocycles. The van der Waals surface area contributed by atoms with Crippen LogP contribution in [0.25, 0.3) is 16.8 Å². The lowest BCUT2D eigenvalue weighted by molar-refractivity contribution is 0.104. The largest absolute Gasteiger partial charge is 0.497 e. The predicted octanol–water partition coefficient (Wildman–Crippen LogP) is 6.84. The van der Waals surface area contributed by atoms with Crippen molar-refractivity contribution in [1.29, 1.82) is 0 Å². The molecule has 3 nitrogen and oxygen atoms in total. The van der Waals surface area contributed by atoms with Crippen LogP contribution in [0.2, 0.25) is 0 Å². The van der Waals surface area contributed by atoms with Gasteiger partial charge in [-0.05, 0) is 48.0 Å². The highest BCUT2D eigenvalue weighted by Gasteiger charge is 2.12. The van der Waals surface area contributed by atoms with Crippen LogP contribution in [0.5, 0.6) is 5.75 Å². The Bertz CT molecular complexity index is 1250. The van der Waals surface area contributed by atoms with Crippen molar-refractivity contribution in [3.8, 4) is 16.9 Å². The number of ether oxygens (including phenoxy) is 1. The summed E-state index contributed by atoms with van der Waals surface area (Å²) in [7, 11) is 1.60. The van der Waals surface area contributed by atoms with Gasteiger partial charge in [0.05, 0.1) is 7.11 Å². The first-order chi connectivity index (χ1) is 15.6. The smallest absolute Gasteiger partial charge is 0.187 e. The molecule has 4 heteroatoms. The Morgan fingerprint density at radius 1 is 0.812 bits per heavy atom. The summed E-state index contributed by atoms with van der Waals surface area (Å²) in [6.07, 6.45) is 1.53. The van der Waals surface area contributed by atoms with E-state index in [2.05, 4.69) is 5.32 Å². The molecular weight excluding hydrogens is 401 g/mol. The minimum absolute atomic E-state index is 0.229. The zero-order valence-corrected chi connectivity index (χ0v) is 17.6. The lowest BCUT2D eigenvalue weighted by Gasteiger charge is -2.16. The second-order valence-electron chi connectivity index (χ2n) is 7.20. The number of anilines is 1. The van der Waals surface area contributed by atoms with Crippen LogP contribution in [0.15, 0.2) is 109 Å². The van der Waals surface area contributed by atoms with E-state index in [1.165, 1.54) is 30.3 Å². The van der Waals surface area contributed by atoms with Crippen molar-refractivity contribution in [3.63, 3.8) is 0 Å². The van der Waals surface area contributed by atoms with Crippen LogP contribution in [0.1, 0.15) is 15.9 Å². The van der Waals surface area contributed by atoms with Crippen LogP contribution in [-0.4, -0.2) is 12.9 Å². The van der Waals surface area contributed by atoms with Crippen LogP contribution in [-0.2, 0) is 0 Å². The van der Waals surface area contributed by atoms with E-state index in [0.29, 0.717) is 17.0 Å². The van der Waals surface area contributed by atoms with Crippen LogP contribution in [0.4, 0.5) is 10.1 Å². The Morgan fingerprint density at radius 2 is 1.53 bits per heavy atom. The molecule has 4 aromatic carbocycles. The van der Waals surface area contributed by atoms with Crippen molar-refractivity contribution in [2.24, 2.45) is 0 Å². The Kier molecular flexibility index (Phi) is 6.42. The van der Waals surface area contributed by atoms with Crippen LogP contribution >= 0.6 is 0 Å². The number of para-hydroxylation sites is 1. The summed E-state index contributed by atoms with van der Waals surface area (Å²) in [6.45, 7) is 0. The Hall–Kier alpha value is -4.18. The van der Waals surface area contributed by atoms with Gasteiger partial charge >= 0.3 is 0 Å². The molecule has 32 heavy (non-hydrogen) atoms. The van der Waals surface area contributed by atoms with Crippen molar-refractivity contribution >= 4 is 17.2 Å². The number of hydrogen-bond donors (Lipinski definition) is 1. The molecule has 0 atom stereocenters. The molecule has 0 heterocycles. The monoisotopic (exact) mass is 423 g/mol. The first-order valence-electron chi connectivity index (χ1n) is 10.2. The van der Waals surface area contributed by atoms with E-state index < -0.39 is 0 Å². The fourth-order valence-electron chi connectivity index (χ4n) is 3.42. The van der Waals surface area contributed by atoms with E-state index in [9.17, 15) is 9.18 Å². The van der Waals surface area contributed by atoms with E-state index in [-0.39, 0.29) is 11.6 Å². The topological polar surface area (TPSA) is 38.3 Å². The maximum Gasteiger partial charge on any atom is 0.187 e. The number of allylic oxidation sites excluding steroid dienone is 1. The molecule has 0 aliphatic carbocycles. The van der Waals surface area contributed by atoms with Crippen LogP contribution < -0.4 is 10.1 Å². The fourth-order valence-corrected chi connectivity index (χ4v) is 3.42. The Morgan fingerprint density at radius 3 is 2.28 bits per heavy atom. The summed E-state index contributed by atoms with van der Waals surface area (Å²) in [5.41, 5.74) is 4.75. The van der Waals surface area contributed by atoms with E-state index in [1.807, 2.05) is 78.9 Å². The van der Waals surface area contributed by atoms with Gasteiger partial charge in [-0.15, -0.1) is 0 Å². The first-order valence-corrected chi connectivity index (χ1v) is 10.2. The molecule has 158 valence electrons. The quantitative estimate of drug-likeness (QED) is 0.261. The van der Waals surface area contributed by atoms with Gasteiger partial charge in [0.25, 0.3) is 0 Å². The highest BCUT2D eigenvalue weighted by molar-refractivity contribution is 6.09. The van der Waals surface area contributed by atoms with Gasteiger partial charge in [-0.25, -0.2) is 4.39 Å². The molecule has 0 saturated heterocycles. The number of benzene rings is 4. The third-order valence-corrected chi connectivity index (χ3v) is 5.07. The highest BCUT2D eigenvalue weighted by Crippen LogP contribution is 2.31. The molecule has 0 spiro atoms. The number of halogens is 1. The number of carbonyl (C=O) groups is 1. The SMILES string of the molecule is COc1cccc(/C(=C/C(=O)c2ccc(F)cc2)Nc2ccccc2-c2ccccc2)c1. The van der Waals surface area contributed by atoms with Crippen LogP contribution in [0, 0.1) is 5.82 Å². The summed E-state index contributed by atoms with van der Waals surface area (Å²) in [5, 5.41) is 3.44. The Labute approximate surface area is 186 Å². The molecule has 0 radical (unpaired) electrons. The van der Waals surface area contributed by atoms with E-state index >= 15 is 0 Å². The van der Waals surface area contributed by atoms with Gasteiger partial charge in [-0.3, -0.25) is 4.79 Å². The number of methoxy groups -OCH3 is 1. The average molecular weight is 423 g/mol. The van der Waals surface area contributed by atoms with Gasteiger partial charge in [-0.2, -0.15) is 0 Å². The van der Waals surface area contributed by atoms with E-state index in [0.717, 1.165) is 22.4 Å². The standard InChI is InChI=1S/C28H22FNO2/c1-32-24-11-7-10-22(18-24)27(19-28(31)21-14-16-23(29)17-15-21)30-26-13-6-5-12-25(26)20-8-3-2-4-9-20/h2-19,30H,1H3/b27-19-. The zero-order valence-electron chi connectivity index (χ0n) is 17.6. The molecule has 4 rings (SSSR count). The van der Waals surface area contributed by atoms with E-state index in [1.54, 1.807) is 7.11 Å². The van der Waals surface area contributed by atoms with Gasteiger partial charge < -0.3 is 10.1 Å². The summed E-state index contributed by atoms with van der Waals surface area (Å²) in [4.78, 5) is 13.0. The van der Waals surface area contributed by atoms with Crippen molar-refractivity contribution in [3.05, 3.63) is 126 Å². The molecule has 0 saturated carbocycles. The maximum absolute atomic E-state index is 13.3. The number of carbonyl (C=O) groups excluding carboxylic acids is 1. The third kappa shape index (κ3) is 4.93. The first kappa shape index (κ1) is 21.1. The third-order valence-electron chi connectivity index (χ3n) is 5.07. The van der Waals surface area contributed by atoms with Crippen molar-refractivity contribution in [1.82, 2.24) is 0 Å². The van der Waals surface area contributed by atoms with Gasteiger partial charge in [0.1, 0.15) is 11.6 Å². The average Bonchev–Trinajstić information content (AvgIpc) is 2.85. The predicted molar refractivity (Wildman–Crippen MR) is 127 cm³/mol. The number of ketones is 1. The zero-order chi connectivity index (χ0) is 22.3. The molecule has 0 aliphatic heterocycles. The summed E-state index contributed by atoms with van der Waals surface area (Å²) >= 11 is 0. The van der Waals surface area contributed by atoms with Crippen molar-refractivity contribution in [2.75, 3.05) is 12.4 Å². The fraction of sp³-hybridized carbons (Fsp3) is 0.0357. The molecule has 0 amide bonds. The number of nitrogens with one attached hydrogen (secondary N) is 1. The number of hydrogen-bond acceptors (Lipinski definition) is 3. The van der Waals surface area contributed by atoms with Gasteiger partial charge in [-0.1, -0.05) is 60.7 Å². The Balaban J connectivity index is 1.77. The maximum atomic E-state index is 13.3. The number of rotatable bonds is 7. The molecule has 4 aromatic rings. The lowest BCUT2D eigenvalue weighted by Crippen LogP contribution is -2.05. The second-order valence-corrected chi connectivity index (χ2v) is 7.20. The lowest BCUT2D eigenvalue weighted by atomic mass is 10.0. The molecule has 0 bridgehead atoms. The minimum atomic E-state index is -0.381. The molecule has 0 fully saturated rings. The normalized spacial score (nSPS) is 11.1. The van der Waals surface area contributed by atoms with Gasteiger partial charge in [0.2, 0.25) is 0 Å². The molecular formula is C28H22FNO2. The highest BCUT2D eigenvalue weighted by atomic mass is 19.1. The molecule has 0 unspecified atom stereocenters. The van der Waals surface area contributed by atoms with Gasteiger partial charge in [0, 0.05) is 34.2 Å². The van der Waals surface area contributed by atoms with Crippen molar-refractivity contribution in [2.45, 2.75) is 0 Å². The molecule has 0 aliphatic rings. The second kappa shape index (κ2) is 9.75. The minimum Gasteiger partial charge on any atom is -0.497 e. The van der Waals surface area contributed by atoms with Crippen LogP contribution in [0.3, 0.4) is 0 Å². The van der Waals surface area contributed by atoms with Crippen molar-refractivity contribution < 1.29 is 13.9 Å². The molecule has 1 N–H and O–H groups in total.